The van der Waals surface area contributed by atoms with Gasteiger partial charge in [0.05, 0.1) is 0 Å². The third kappa shape index (κ3) is 6.08. The van der Waals surface area contributed by atoms with Gasteiger partial charge in [0.15, 0.2) is 0 Å². The summed E-state index contributed by atoms with van der Waals surface area (Å²) < 4.78 is 11.5. The molecule has 0 spiro atoms. The lowest BCUT2D eigenvalue weighted by molar-refractivity contribution is 0.252. The fourth-order valence-corrected chi connectivity index (χ4v) is 3.45. The Morgan fingerprint density at radius 1 is 1.17 bits per heavy atom. The first-order valence-electron chi connectivity index (χ1n) is 7.24. The van der Waals surface area contributed by atoms with Gasteiger partial charge in [-0.3, -0.25) is 4.21 Å². The topological polar surface area (TPSA) is 58.2 Å². The summed E-state index contributed by atoms with van der Waals surface area (Å²) in [6.45, 7) is 2.63. The summed E-state index contributed by atoms with van der Waals surface area (Å²) in [4.78, 5) is 13.8. The zero-order valence-electron chi connectivity index (χ0n) is 13.1. The molecule has 0 saturated carbocycles. The molecule has 0 radical (unpaired) electrons. The average molecular weight is 348 g/mol. The zero-order chi connectivity index (χ0) is 16.7. The molecule has 2 rings (SSSR count). The van der Waals surface area contributed by atoms with Crippen molar-refractivity contribution in [2.75, 3.05) is 18.1 Å². The lowest BCUT2D eigenvalue weighted by Gasteiger charge is -2.13. The lowest BCUT2D eigenvalue weighted by atomic mass is 10.3. The van der Waals surface area contributed by atoms with Crippen LogP contribution in [-0.4, -0.2) is 28.3 Å². The second-order valence-electron chi connectivity index (χ2n) is 5.06. The Labute approximate surface area is 143 Å². The van der Waals surface area contributed by atoms with Crippen molar-refractivity contribution in [1.82, 2.24) is 5.32 Å². The summed E-state index contributed by atoms with van der Waals surface area (Å²) in [5.74, 6) is 0. The van der Waals surface area contributed by atoms with Crippen molar-refractivity contribution in [2.24, 2.45) is 0 Å². The van der Waals surface area contributed by atoms with Crippen LogP contribution in [0.5, 0.6) is 0 Å². The van der Waals surface area contributed by atoms with Gasteiger partial charge >= 0.3 is 6.03 Å². The molecule has 0 aromatic heterocycles. The molecule has 0 heterocycles. The largest absolute Gasteiger partial charge is 0.337 e. The van der Waals surface area contributed by atoms with E-state index in [1.807, 2.05) is 18.2 Å². The molecule has 4 nitrogen and oxygen atoms in total. The van der Waals surface area contributed by atoms with E-state index in [0.29, 0.717) is 17.1 Å². The smallest absolute Gasteiger partial charge is 0.319 e. The second kappa shape index (κ2) is 8.74. The molecule has 6 heteroatoms. The van der Waals surface area contributed by atoms with E-state index in [9.17, 15) is 9.00 Å². The van der Waals surface area contributed by atoms with E-state index < -0.39 is 10.8 Å². The lowest BCUT2D eigenvalue weighted by Crippen LogP contribution is -2.33. The van der Waals surface area contributed by atoms with Crippen LogP contribution in [0.25, 0.3) is 0 Å². The number of benzene rings is 2. The van der Waals surface area contributed by atoms with Crippen molar-refractivity contribution < 1.29 is 9.00 Å². The number of urea groups is 1. The number of amides is 2. The molecule has 0 bridgehead atoms. The van der Waals surface area contributed by atoms with Crippen molar-refractivity contribution in [3.63, 3.8) is 0 Å². The monoisotopic (exact) mass is 348 g/mol. The summed E-state index contributed by atoms with van der Waals surface area (Å²) in [5, 5.41) is 5.88. The van der Waals surface area contributed by atoms with Crippen LogP contribution in [0.3, 0.4) is 0 Å². The zero-order valence-corrected chi connectivity index (χ0v) is 14.7. The summed E-state index contributed by atoms with van der Waals surface area (Å²) in [6, 6.07) is 16.9. The summed E-state index contributed by atoms with van der Waals surface area (Å²) >= 11 is 1.72. The molecule has 0 aliphatic carbocycles. The number of nitrogens with one attached hydrogen (secondary N) is 2. The Hall–Kier alpha value is -1.79. The van der Waals surface area contributed by atoms with Crippen molar-refractivity contribution in [3.05, 3.63) is 54.6 Å². The van der Waals surface area contributed by atoms with Gasteiger partial charge in [0.25, 0.3) is 0 Å². The van der Waals surface area contributed by atoms with Gasteiger partial charge in [0.1, 0.15) is 0 Å². The molecule has 0 fully saturated rings. The van der Waals surface area contributed by atoms with E-state index in [-0.39, 0.29) is 11.3 Å². The molecule has 2 aromatic carbocycles. The quantitative estimate of drug-likeness (QED) is 0.782. The maximum Gasteiger partial charge on any atom is 0.319 e. The van der Waals surface area contributed by atoms with E-state index >= 15 is 0 Å². The molecule has 2 atom stereocenters. The number of hydrogen-bond acceptors (Lipinski definition) is 3. The molecule has 2 amide bonds. The molecule has 2 unspecified atom stereocenters. The highest BCUT2D eigenvalue weighted by molar-refractivity contribution is 8.00. The van der Waals surface area contributed by atoms with Gasteiger partial charge in [-0.25, -0.2) is 4.79 Å². The highest BCUT2D eigenvalue weighted by Crippen LogP contribution is 2.22. The Kier molecular flexibility index (Phi) is 6.67. The van der Waals surface area contributed by atoms with E-state index in [2.05, 4.69) is 29.7 Å². The summed E-state index contributed by atoms with van der Waals surface area (Å²) in [6.07, 6.45) is 1.61. The van der Waals surface area contributed by atoms with E-state index in [4.69, 9.17) is 0 Å². The van der Waals surface area contributed by atoms with Crippen LogP contribution in [0.1, 0.15) is 6.92 Å². The first kappa shape index (κ1) is 17.6. The molecule has 122 valence electrons. The highest BCUT2D eigenvalue weighted by atomic mass is 32.2. The van der Waals surface area contributed by atoms with Crippen molar-refractivity contribution in [3.8, 4) is 0 Å². The molecule has 2 aromatic rings. The second-order valence-corrected chi connectivity index (χ2v) is 7.95. The van der Waals surface area contributed by atoms with Crippen molar-refractivity contribution in [1.29, 1.82) is 0 Å². The fraction of sp³-hybridized carbons (Fsp3) is 0.235. The van der Waals surface area contributed by atoms with Crippen LogP contribution in [-0.2, 0) is 10.8 Å². The maximum atomic E-state index is 11.9. The average Bonchev–Trinajstić information content (AvgIpc) is 2.54. The number of anilines is 1. The Bertz CT molecular complexity index is 677. The van der Waals surface area contributed by atoms with Crippen LogP contribution in [0.2, 0.25) is 0 Å². The number of hydrogen-bond donors (Lipinski definition) is 2. The molecular weight excluding hydrogens is 328 g/mol. The number of carbonyl (C=O) groups is 1. The van der Waals surface area contributed by atoms with Crippen LogP contribution in [0, 0.1) is 0 Å². The number of thioether (sulfide) groups is 1. The van der Waals surface area contributed by atoms with Gasteiger partial charge < -0.3 is 10.6 Å². The maximum absolute atomic E-state index is 11.9. The molecule has 0 saturated heterocycles. The first-order chi connectivity index (χ1) is 11.0. The predicted molar refractivity (Wildman–Crippen MR) is 97.6 cm³/mol. The van der Waals surface area contributed by atoms with Gasteiger partial charge in [-0.05, 0) is 30.3 Å². The molecule has 2 N–H and O–H groups in total. The van der Waals surface area contributed by atoms with Crippen LogP contribution in [0.4, 0.5) is 10.5 Å². The molecule has 0 aliphatic rings. The summed E-state index contributed by atoms with van der Waals surface area (Å²) in [5.41, 5.74) is 0.638. The van der Waals surface area contributed by atoms with Crippen LogP contribution in [0.15, 0.2) is 64.4 Å². The van der Waals surface area contributed by atoms with Crippen molar-refractivity contribution >= 4 is 34.3 Å². The standard InChI is InChI=1S/C17H20N2O2S2/c1-13(22-15-8-4-3-5-9-15)12-18-17(20)19-14-7-6-10-16(11-14)23(2)21/h3-11,13H,12H2,1-2H3,(H2,18,19,20). The molecular formula is C17H20N2O2S2. The summed E-state index contributed by atoms with van der Waals surface area (Å²) in [7, 11) is -1.06. The SMILES string of the molecule is CC(CNC(=O)Nc1cccc(S(C)=O)c1)Sc1ccccc1. The van der Waals surface area contributed by atoms with Crippen LogP contribution < -0.4 is 10.6 Å². The Morgan fingerprint density at radius 2 is 1.91 bits per heavy atom. The first-order valence-corrected chi connectivity index (χ1v) is 9.68. The van der Waals surface area contributed by atoms with Crippen LogP contribution >= 0.6 is 11.8 Å². The van der Waals surface area contributed by atoms with Gasteiger partial charge in [-0.1, -0.05) is 31.2 Å². The van der Waals surface area contributed by atoms with Crippen molar-refractivity contribution in [2.45, 2.75) is 22.0 Å². The van der Waals surface area contributed by atoms with E-state index in [1.54, 1.807) is 42.3 Å². The Balaban J connectivity index is 1.81. The van der Waals surface area contributed by atoms with Gasteiger partial charge in [-0.2, -0.15) is 0 Å². The van der Waals surface area contributed by atoms with Gasteiger partial charge in [-0.15, -0.1) is 11.8 Å². The third-order valence-electron chi connectivity index (χ3n) is 3.05. The van der Waals surface area contributed by atoms with E-state index in [1.165, 1.54) is 4.90 Å². The fourth-order valence-electron chi connectivity index (χ4n) is 1.94. The normalized spacial score (nSPS) is 13.1. The molecule has 0 aliphatic heterocycles. The highest BCUT2D eigenvalue weighted by Gasteiger charge is 2.08. The van der Waals surface area contributed by atoms with E-state index in [0.717, 1.165) is 0 Å². The predicted octanol–water partition coefficient (Wildman–Crippen LogP) is 3.73. The van der Waals surface area contributed by atoms with Gasteiger partial charge in [0, 0.05) is 44.3 Å². The van der Waals surface area contributed by atoms with Gasteiger partial charge in [0.2, 0.25) is 0 Å². The molecule has 23 heavy (non-hydrogen) atoms. The minimum absolute atomic E-state index is 0.260. The Morgan fingerprint density at radius 3 is 2.61 bits per heavy atom. The minimum atomic E-state index is -1.06. The third-order valence-corrected chi connectivity index (χ3v) is 5.09. The number of rotatable bonds is 6. The minimum Gasteiger partial charge on any atom is -0.337 e. The number of carbonyl (C=O) groups excluding carboxylic acids is 1.